The van der Waals surface area contributed by atoms with Crippen LogP contribution in [0.3, 0.4) is 0 Å². The van der Waals surface area contributed by atoms with E-state index in [1.54, 1.807) is 20.3 Å². The van der Waals surface area contributed by atoms with E-state index in [9.17, 15) is 9.59 Å². The van der Waals surface area contributed by atoms with E-state index in [0.717, 1.165) is 38.0 Å². The molecule has 0 radical (unpaired) electrons. The highest BCUT2D eigenvalue weighted by atomic mass is 16.5. The Balaban J connectivity index is 1.43. The molecule has 35 heavy (non-hydrogen) atoms. The molecule has 7 nitrogen and oxygen atoms in total. The van der Waals surface area contributed by atoms with Crippen molar-refractivity contribution in [2.45, 2.75) is 59.2 Å². The van der Waals surface area contributed by atoms with Crippen molar-refractivity contribution in [2.75, 3.05) is 27.3 Å². The molecule has 1 N–H and O–H groups in total. The number of carbonyl (C=O) groups excluding carboxylic acids is 2. The van der Waals surface area contributed by atoms with E-state index in [0.29, 0.717) is 11.5 Å². The number of hydrogen-bond donors (Lipinski definition) is 1. The Bertz CT molecular complexity index is 1120. The quantitative estimate of drug-likeness (QED) is 0.598. The fourth-order valence-corrected chi connectivity index (χ4v) is 5.48. The van der Waals surface area contributed by atoms with E-state index in [2.05, 4.69) is 43.1 Å². The fraction of sp³-hybridized carbons (Fsp3) is 0.500. The molecule has 0 spiro atoms. The number of imide groups is 1. The molecule has 1 unspecified atom stereocenters. The Kier molecular flexibility index (Phi) is 7.08. The molecular weight excluding hydrogens is 442 g/mol. The van der Waals surface area contributed by atoms with Crippen LogP contribution in [0.25, 0.3) is 0 Å². The minimum absolute atomic E-state index is 0.0910. The molecule has 0 aliphatic carbocycles. The van der Waals surface area contributed by atoms with Crippen molar-refractivity contribution in [1.29, 1.82) is 0 Å². The third-order valence-electron chi connectivity index (χ3n) is 7.86. The van der Waals surface area contributed by atoms with Crippen LogP contribution in [0, 0.1) is 26.7 Å². The molecule has 2 aromatic rings. The van der Waals surface area contributed by atoms with E-state index >= 15 is 0 Å². The van der Waals surface area contributed by atoms with Gasteiger partial charge in [0.2, 0.25) is 0 Å². The first kappa shape index (κ1) is 25.0. The molecule has 2 fully saturated rings. The minimum atomic E-state index is -0.897. The van der Waals surface area contributed by atoms with Gasteiger partial charge in [-0.3, -0.25) is 14.6 Å². The lowest BCUT2D eigenvalue weighted by Crippen LogP contribution is -2.53. The molecule has 0 bridgehead atoms. The third-order valence-corrected chi connectivity index (χ3v) is 7.86. The Hall–Kier alpha value is -3.06. The zero-order valence-electron chi connectivity index (χ0n) is 21.7. The number of piperidine rings is 1. The summed E-state index contributed by atoms with van der Waals surface area (Å²) in [6, 6.07) is 9.69. The van der Waals surface area contributed by atoms with E-state index in [4.69, 9.17) is 9.47 Å². The molecule has 2 aliphatic rings. The second kappa shape index (κ2) is 9.90. The maximum Gasteiger partial charge on any atom is 0.325 e. The highest BCUT2D eigenvalue weighted by molar-refractivity contribution is 6.07. The van der Waals surface area contributed by atoms with E-state index in [1.807, 2.05) is 19.1 Å². The first-order valence-corrected chi connectivity index (χ1v) is 12.3. The van der Waals surface area contributed by atoms with Crippen LogP contribution in [0.2, 0.25) is 0 Å². The summed E-state index contributed by atoms with van der Waals surface area (Å²) in [5.74, 6) is 1.04. The van der Waals surface area contributed by atoms with Crippen LogP contribution in [-0.2, 0) is 17.9 Å². The molecule has 2 saturated heterocycles. The zero-order valence-corrected chi connectivity index (χ0v) is 21.7. The van der Waals surface area contributed by atoms with Gasteiger partial charge in [-0.2, -0.15) is 0 Å². The number of benzene rings is 2. The van der Waals surface area contributed by atoms with Crippen molar-refractivity contribution >= 4 is 11.9 Å². The number of hydrogen-bond acceptors (Lipinski definition) is 5. The smallest absolute Gasteiger partial charge is 0.325 e. The van der Waals surface area contributed by atoms with Crippen molar-refractivity contribution in [3.63, 3.8) is 0 Å². The molecule has 7 heteroatoms. The highest BCUT2D eigenvalue weighted by Crippen LogP contribution is 2.37. The zero-order chi connectivity index (χ0) is 25.3. The number of aryl methyl sites for hydroxylation is 3. The van der Waals surface area contributed by atoms with Crippen LogP contribution >= 0.6 is 0 Å². The average molecular weight is 480 g/mol. The van der Waals surface area contributed by atoms with E-state index in [-0.39, 0.29) is 24.4 Å². The van der Waals surface area contributed by atoms with Crippen LogP contribution in [0.1, 0.15) is 47.6 Å². The van der Waals surface area contributed by atoms with Crippen LogP contribution in [0.5, 0.6) is 11.5 Å². The summed E-state index contributed by atoms with van der Waals surface area (Å²) < 4.78 is 10.9. The number of para-hydroxylation sites is 1. The molecule has 2 aromatic carbocycles. The molecule has 2 heterocycles. The summed E-state index contributed by atoms with van der Waals surface area (Å²) in [7, 11) is 3.13. The van der Waals surface area contributed by atoms with Crippen molar-refractivity contribution in [2.24, 2.45) is 5.92 Å². The summed E-state index contributed by atoms with van der Waals surface area (Å²) in [4.78, 5) is 30.2. The molecule has 3 amide bonds. The normalized spacial score (nSPS) is 21.4. The predicted molar refractivity (Wildman–Crippen MR) is 136 cm³/mol. The molecular formula is C28H37N3O4. The summed E-state index contributed by atoms with van der Waals surface area (Å²) in [5.41, 5.74) is 5.17. The summed E-state index contributed by atoms with van der Waals surface area (Å²) in [5, 5.41) is 3.02. The van der Waals surface area contributed by atoms with Gasteiger partial charge in [0.1, 0.15) is 5.54 Å². The topological polar surface area (TPSA) is 71.1 Å². The van der Waals surface area contributed by atoms with Gasteiger partial charge in [-0.25, -0.2) is 4.79 Å². The molecule has 0 saturated carbocycles. The second-order valence-corrected chi connectivity index (χ2v) is 10.1. The van der Waals surface area contributed by atoms with Gasteiger partial charge in [-0.1, -0.05) is 24.3 Å². The second-order valence-electron chi connectivity index (χ2n) is 10.1. The molecule has 4 rings (SSSR count). The molecule has 2 aliphatic heterocycles. The molecule has 1 atom stereocenters. The number of nitrogens with one attached hydrogen (secondary N) is 1. The maximum absolute atomic E-state index is 13.5. The molecule has 188 valence electrons. The Labute approximate surface area is 208 Å². The standard InChI is InChI=1S/C28H37N3O4/c1-18-14-20(3)22(15-19(18)2)16-30-12-10-23(11-13-30)28(4)26(32)31(27(33)29-28)17-21-8-7-9-24(34-5)25(21)35-6/h7-9,14-15,23H,10-13,16-17H2,1-6H3,(H,29,33). The van der Waals surface area contributed by atoms with Crippen LogP contribution in [0.4, 0.5) is 4.79 Å². The predicted octanol–water partition coefficient (Wildman–Crippen LogP) is 4.35. The van der Waals surface area contributed by atoms with Crippen molar-refractivity contribution in [1.82, 2.24) is 15.1 Å². The van der Waals surface area contributed by atoms with Gasteiger partial charge in [0, 0.05) is 12.1 Å². The number of carbonyl (C=O) groups is 2. The lowest BCUT2D eigenvalue weighted by atomic mass is 9.78. The number of methoxy groups -OCH3 is 2. The number of nitrogens with zero attached hydrogens (tertiary/aromatic N) is 2. The van der Waals surface area contributed by atoms with Gasteiger partial charge in [0.05, 0.1) is 20.8 Å². The van der Waals surface area contributed by atoms with Crippen molar-refractivity contribution < 1.29 is 19.1 Å². The van der Waals surface area contributed by atoms with E-state index < -0.39 is 5.54 Å². The number of likely N-dealkylation sites (tertiary alicyclic amines) is 1. The van der Waals surface area contributed by atoms with Gasteiger partial charge < -0.3 is 14.8 Å². The number of rotatable bonds is 7. The monoisotopic (exact) mass is 479 g/mol. The maximum atomic E-state index is 13.5. The van der Waals surface area contributed by atoms with Crippen molar-refractivity contribution in [3.8, 4) is 11.5 Å². The fourth-order valence-electron chi connectivity index (χ4n) is 5.48. The Morgan fingerprint density at radius 1 is 0.943 bits per heavy atom. The van der Waals surface area contributed by atoms with Gasteiger partial charge in [-0.05, 0) is 87.9 Å². The van der Waals surface area contributed by atoms with Crippen LogP contribution in [0.15, 0.2) is 30.3 Å². The summed E-state index contributed by atoms with van der Waals surface area (Å²) in [6.45, 7) is 11.2. The Morgan fingerprint density at radius 2 is 1.63 bits per heavy atom. The number of urea groups is 1. The number of amides is 3. The SMILES string of the molecule is COc1cccc(CN2C(=O)NC(C)(C3CCN(Cc4cc(C)c(C)cc4C)CC3)C2=O)c1OC. The van der Waals surface area contributed by atoms with E-state index in [1.165, 1.54) is 27.2 Å². The van der Waals surface area contributed by atoms with Gasteiger partial charge in [0.15, 0.2) is 11.5 Å². The van der Waals surface area contributed by atoms with Crippen LogP contribution < -0.4 is 14.8 Å². The van der Waals surface area contributed by atoms with Gasteiger partial charge in [-0.15, -0.1) is 0 Å². The molecule has 0 aromatic heterocycles. The summed E-state index contributed by atoms with van der Waals surface area (Å²) in [6.07, 6.45) is 1.73. The van der Waals surface area contributed by atoms with Crippen LogP contribution in [-0.4, -0.2) is 54.6 Å². The first-order chi connectivity index (χ1) is 16.7. The Morgan fingerprint density at radius 3 is 2.29 bits per heavy atom. The summed E-state index contributed by atoms with van der Waals surface area (Å²) >= 11 is 0. The number of ether oxygens (including phenoxy) is 2. The van der Waals surface area contributed by atoms with Gasteiger partial charge >= 0.3 is 6.03 Å². The average Bonchev–Trinajstić information content (AvgIpc) is 3.06. The largest absolute Gasteiger partial charge is 0.493 e. The van der Waals surface area contributed by atoms with Crippen molar-refractivity contribution in [3.05, 3.63) is 58.1 Å². The lowest BCUT2D eigenvalue weighted by molar-refractivity contribution is -0.133. The highest BCUT2D eigenvalue weighted by Gasteiger charge is 2.52. The first-order valence-electron chi connectivity index (χ1n) is 12.3. The van der Waals surface area contributed by atoms with Gasteiger partial charge in [0.25, 0.3) is 5.91 Å². The lowest BCUT2D eigenvalue weighted by Gasteiger charge is -2.39. The third kappa shape index (κ3) is 4.74. The minimum Gasteiger partial charge on any atom is -0.493 e.